The molecule has 0 aliphatic carbocycles. The van der Waals surface area contributed by atoms with Gasteiger partial charge in [0.2, 0.25) is 0 Å². The molecule has 0 N–H and O–H groups in total. The number of nitrogens with zero attached hydrogens (tertiary/aromatic N) is 2. The van der Waals surface area contributed by atoms with Crippen LogP contribution in [0.5, 0.6) is 5.75 Å². The molecule has 1 fully saturated rings. The average Bonchev–Trinajstić information content (AvgIpc) is 2.67. The second-order valence-corrected chi connectivity index (χ2v) is 6.44. The Labute approximate surface area is 148 Å². The van der Waals surface area contributed by atoms with Crippen LogP contribution >= 0.6 is 0 Å². The fourth-order valence-electron chi connectivity index (χ4n) is 3.23. The van der Waals surface area contributed by atoms with Gasteiger partial charge in [0.05, 0.1) is 11.6 Å². The topological polar surface area (TPSA) is 53.3 Å². The summed E-state index contributed by atoms with van der Waals surface area (Å²) in [6, 6.07) is 19.5. The van der Waals surface area contributed by atoms with Gasteiger partial charge in [-0.25, -0.2) is 0 Å². The van der Waals surface area contributed by atoms with E-state index in [-0.39, 0.29) is 12.5 Å². The van der Waals surface area contributed by atoms with Crippen molar-refractivity contribution in [1.29, 1.82) is 5.26 Å². The third-order valence-corrected chi connectivity index (χ3v) is 4.66. The monoisotopic (exact) mass is 334 g/mol. The highest BCUT2D eigenvalue weighted by molar-refractivity contribution is 5.77. The van der Waals surface area contributed by atoms with E-state index in [0.717, 1.165) is 32.4 Å². The molecular weight excluding hydrogens is 312 g/mol. The maximum absolute atomic E-state index is 12.3. The Morgan fingerprint density at radius 2 is 1.88 bits per heavy atom. The third-order valence-electron chi connectivity index (χ3n) is 4.66. The number of rotatable bonds is 5. The summed E-state index contributed by atoms with van der Waals surface area (Å²) in [6.45, 7) is 1.61. The quantitative estimate of drug-likeness (QED) is 0.842. The number of hydrogen-bond acceptors (Lipinski definition) is 3. The second-order valence-electron chi connectivity index (χ2n) is 6.44. The Morgan fingerprint density at radius 1 is 1.12 bits per heavy atom. The maximum atomic E-state index is 12.3. The lowest BCUT2D eigenvalue weighted by Crippen LogP contribution is -2.41. The molecule has 0 atom stereocenters. The number of nitriles is 1. The zero-order valence-electron chi connectivity index (χ0n) is 14.2. The molecule has 25 heavy (non-hydrogen) atoms. The first-order valence-corrected chi connectivity index (χ1v) is 8.69. The first-order chi connectivity index (χ1) is 12.2. The van der Waals surface area contributed by atoms with E-state index >= 15 is 0 Å². The number of ether oxygens (including phenoxy) is 1. The van der Waals surface area contributed by atoms with Crippen LogP contribution in [-0.2, 0) is 11.2 Å². The first-order valence-electron chi connectivity index (χ1n) is 8.69. The summed E-state index contributed by atoms with van der Waals surface area (Å²) in [4.78, 5) is 14.2. The van der Waals surface area contributed by atoms with Gasteiger partial charge in [0, 0.05) is 13.1 Å². The molecule has 1 amide bonds. The van der Waals surface area contributed by atoms with Gasteiger partial charge in [0.25, 0.3) is 5.91 Å². The minimum absolute atomic E-state index is 0.0144. The van der Waals surface area contributed by atoms with E-state index in [1.165, 1.54) is 5.56 Å². The molecular formula is C21H22N2O2. The smallest absolute Gasteiger partial charge is 0.260 e. The van der Waals surface area contributed by atoms with Crippen molar-refractivity contribution in [2.75, 3.05) is 19.7 Å². The van der Waals surface area contributed by atoms with E-state index < -0.39 is 0 Å². The van der Waals surface area contributed by atoms with Gasteiger partial charge in [-0.3, -0.25) is 4.79 Å². The first kappa shape index (κ1) is 17.0. The zero-order valence-corrected chi connectivity index (χ0v) is 14.2. The van der Waals surface area contributed by atoms with Gasteiger partial charge in [-0.05, 0) is 48.9 Å². The summed E-state index contributed by atoms with van der Waals surface area (Å²) in [7, 11) is 0. The van der Waals surface area contributed by atoms with Crippen molar-refractivity contribution >= 4 is 5.91 Å². The Morgan fingerprint density at radius 3 is 2.60 bits per heavy atom. The van der Waals surface area contributed by atoms with Gasteiger partial charge in [-0.15, -0.1) is 0 Å². The average molecular weight is 334 g/mol. The van der Waals surface area contributed by atoms with E-state index in [0.29, 0.717) is 17.2 Å². The summed E-state index contributed by atoms with van der Waals surface area (Å²) < 4.78 is 5.54. The number of hydrogen-bond donors (Lipinski definition) is 0. The van der Waals surface area contributed by atoms with Crippen molar-refractivity contribution in [2.45, 2.75) is 19.3 Å². The van der Waals surface area contributed by atoms with E-state index in [4.69, 9.17) is 10.00 Å². The Bertz CT molecular complexity index is 744. The molecule has 2 aromatic rings. The summed E-state index contributed by atoms with van der Waals surface area (Å²) >= 11 is 0. The Kier molecular flexibility index (Phi) is 5.69. The minimum Gasteiger partial charge on any atom is -0.484 e. The molecule has 4 nitrogen and oxygen atoms in total. The fraction of sp³-hybridized carbons (Fsp3) is 0.333. The van der Waals surface area contributed by atoms with Crippen LogP contribution in [0.3, 0.4) is 0 Å². The highest BCUT2D eigenvalue weighted by Crippen LogP contribution is 2.22. The van der Waals surface area contributed by atoms with Crippen LogP contribution in [0.1, 0.15) is 24.0 Å². The Balaban J connectivity index is 1.44. The lowest BCUT2D eigenvalue weighted by Gasteiger charge is -2.32. The maximum Gasteiger partial charge on any atom is 0.260 e. The number of amides is 1. The summed E-state index contributed by atoms with van der Waals surface area (Å²) in [5.74, 6) is 1.21. The van der Waals surface area contributed by atoms with Gasteiger partial charge in [0.1, 0.15) is 5.75 Å². The van der Waals surface area contributed by atoms with Crippen molar-refractivity contribution in [3.8, 4) is 11.8 Å². The number of carbonyl (C=O) groups excluding carboxylic acids is 1. The molecule has 0 saturated carbocycles. The zero-order chi connectivity index (χ0) is 17.5. The number of benzene rings is 2. The minimum atomic E-state index is 0.0144. The van der Waals surface area contributed by atoms with Crippen LogP contribution in [0.15, 0.2) is 54.6 Å². The van der Waals surface area contributed by atoms with Crippen LogP contribution in [0, 0.1) is 17.2 Å². The van der Waals surface area contributed by atoms with Crippen LogP contribution in [0.25, 0.3) is 0 Å². The van der Waals surface area contributed by atoms with Crippen LogP contribution < -0.4 is 4.74 Å². The second kappa shape index (κ2) is 8.34. The molecule has 1 aliphatic rings. The molecule has 0 spiro atoms. The predicted octanol–water partition coefficient (Wildman–Crippen LogP) is 3.42. The van der Waals surface area contributed by atoms with Crippen molar-refractivity contribution in [1.82, 2.24) is 4.90 Å². The van der Waals surface area contributed by atoms with E-state index in [1.807, 2.05) is 11.0 Å². The predicted molar refractivity (Wildman–Crippen MR) is 96.1 cm³/mol. The molecule has 1 aliphatic heterocycles. The highest BCUT2D eigenvalue weighted by Gasteiger charge is 2.23. The van der Waals surface area contributed by atoms with Crippen LogP contribution in [-0.4, -0.2) is 30.5 Å². The molecule has 2 aromatic carbocycles. The summed E-state index contributed by atoms with van der Waals surface area (Å²) in [5, 5.41) is 8.89. The normalized spacial score (nSPS) is 14.8. The van der Waals surface area contributed by atoms with Gasteiger partial charge < -0.3 is 9.64 Å². The number of piperidine rings is 1. The van der Waals surface area contributed by atoms with Gasteiger partial charge in [-0.1, -0.05) is 36.4 Å². The van der Waals surface area contributed by atoms with Crippen molar-refractivity contribution in [2.24, 2.45) is 5.92 Å². The van der Waals surface area contributed by atoms with Crippen LogP contribution in [0.2, 0.25) is 0 Å². The third kappa shape index (κ3) is 4.84. The molecule has 0 unspecified atom stereocenters. The van der Waals surface area contributed by atoms with Crippen molar-refractivity contribution in [3.63, 3.8) is 0 Å². The van der Waals surface area contributed by atoms with Crippen LogP contribution in [0.4, 0.5) is 0 Å². The standard InChI is InChI=1S/C21H22N2O2/c22-15-19-7-4-8-20(14-19)25-16-21(24)23-11-9-18(10-12-23)13-17-5-2-1-3-6-17/h1-8,14,18H,9-13,16H2. The lowest BCUT2D eigenvalue weighted by atomic mass is 9.90. The number of carbonyl (C=O) groups is 1. The highest BCUT2D eigenvalue weighted by atomic mass is 16.5. The van der Waals surface area contributed by atoms with E-state index in [2.05, 4.69) is 30.3 Å². The molecule has 0 bridgehead atoms. The Hall–Kier alpha value is -2.80. The molecule has 1 heterocycles. The molecule has 0 radical (unpaired) electrons. The summed E-state index contributed by atoms with van der Waals surface area (Å²) in [5.41, 5.74) is 1.90. The summed E-state index contributed by atoms with van der Waals surface area (Å²) in [6.07, 6.45) is 3.15. The van der Waals surface area contributed by atoms with Crippen molar-refractivity contribution in [3.05, 3.63) is 65.7 Å². The van der Waals surface area contributed by atoms with E-state index in [1.54, 1.807) is 24.3 Å². The van der Waals surface area contributed by atoms with Gasteiger partial charge >= 0.3 is 0 Å². The van der Waals surface area contributed by atoms with Crippen molar-refractivity contribution < 1.29 is 9.53 Å². The SMILES string of the molecule is N#Cc1cccc(OCC(=O)N2CCC(Cc3ccccc3)CC2)c1. The lowest BCUT2D eigenvalue weighted by molar-refractivity contribution is -0.134. The molecule has 0 aromatic heterocycles. The van der Waals surface area contributed by atoms with Gasteiger partial charge in [0.15, 0.2) is 6.61 Å². The molecule has 128 valence electrons. The molecule has 4 heteroatoms. The number of likely N-dealkylation sites (tertiary alicyclic amines) is 1. The van der Waals surface area contributed by atoms with E-state index in [9.17, 15) is 4.79 Å². The fourth-order valence-corrected chi connectivity index (χ4v) is 3.23. The largest absolute Gasteiger partial charge is 0.484 e. The molecule has 3 rings (SSSR count). The van der Waals surface area contributed by atoms with Gasteiger partial charge in [-0.2, -0.15) is 5.26 Å². The molecule has 1 saturated heterocycles.